The van der Waals surface area contributed by atoms with Crippen molar-refractivity contribution in [2.24, 2.45) is 0 Å². The van der Waals surface area contributed by atoms with Crippen LogP contribution < -0.4 is 10.3 Å². The van der Waals surface area contributed by atoms with Gasteiger partial charge in [-0.1, -0.05) is 0 Å². The first-order valence-electron chi connectivity index (χ1n) is 4.70. The van der Waals surface area contributed by atoms with Crippen molar-refractivity contribution in [2.45, 2.75) is 6.92 Å². The molecule has 1 aliphatic heterocycles. The van der Waals surface area contributed by atoms with Gasteiger partial charge in [0.15, 0.2) is 11.3 Å². The summed E-state index contributed by atoms with van der Waals surface area (Å²) in [6.45, 7) is 4.74. The van der Waals surface area contributed by atoms with Gasteiger partial charge < -0.3 is 14.1 Å². The molecule has 4 heteroatoms. The summed E-state index contributed by atoms with van der Waals surface area (Å²) in [6.07, 6.45) is 0. The third-order valence-electron chi connectivity index (χ3n) is 2.20. The molecule has 2 heterocycles. The van der Waals surface area contributed by atoms with E-state index >= 15 is 0 Å². The number of anilines is 1. The van der Waals surface area contributed by atoms with Crippen LogP contribution in [0.3, 0.4) is 0 Å². The minimum absolute atomic E-state index is 0.00441. The maximum absolute atomic E-state index is 11.2. The number of aryl methyl sites for hydroxylation is 1. The average molecular weight is 195 g/mol. The zero-order valence-corrected chi connectivity index (χ0v) is 8.16. The molecule has 1 saturated heterocycles. The van der Waals surface area contributed by atoms with Crippen molar-refractivity contribution < 1.29 is 9.15 Å². The molecule has 0 amide bonds. The summed E-state index contributed by atoms with van der Waals surface area (Å²) in [7, 11) is 0. The minimum Gasteiger partial charge on any atom is -0.446 e. The molecule has 0 aliphatic carbocycles. The molecule has 1 aromatic heterocycles. The topological polar surface area (TPSA) is 42.7 Å². The normalized spacial score (nSPS) is 17.1. The van der Waals surface area contributed by atoms with Crippen LogP contribution in [-0.2, 0) is 4.74 Å². The number of hydrogen-bond acceptors (Lipinski definition) is 4. The van der Waals surface area contributed by atoms with Crippen LogP contribution in [0.15, 0.2) is 21.3 Å². The SMILES string of the molecule is Cc1cc(=O)cc(N2CCOCC2)o1. The highest BCUT2D eigenvalue weighted by atomic mass is 16.5. The Hall–Kier alpha value is -1.29. The smallest absolute Gasteiger partial charge is 0.199 e. The van der Waals surface area contributed by atoms with Crippen LogP contribution >= 0.6 is 0 Å². The number of morpholine rings is 1. The van der Waals surface area contributed by atoms with E-state index in [0.717, 1.165) is 13.1 Å². The van der Waals surface area contributed by atoms with Gasteiger partial charge in [-0.3, -0.25) is 4.79 Å². The van der Waals surface area contributed by atoms with Crippen LogP contribution in [0, 0.1) is 6.92 Å². The van der Waals surface area contributed by atoms with Gasteiger partial charge in [0, 0.05) is 25.2 Å². The highest BCUT2D eigenvalue weighted by molar-refractivity contribution is 5.35. The minimum atomic E-state index is -0.00441. The molecule has 1 aliphatic rings. The fourth-order valence-corrected chi connectivity index (χ4v) is 1.53. The molecule has 14 heavy (non-hydrogen) atoms. The van der Waals surface area contributed by atoms with Crippen molar-refractivity contribution in [1.82, 2.24) is 0 Å². The van der Waals surface area contributed by atoms with E-state index in [1.807, 2.05) is 4.90 Å². The lowest BCUT2D eigenvalue weighted by Gasteiger charge is -2.27. The first-order chi connectivity index (χ1) is 6.75. The third kappa shape index (κ3) is 1.96. The molecule has 1 aromatic rings. The number of nitrogens with zero attached hydrogens (tertiary/aromatic N) is 1. The van der Waals surface area contributed by atoms with Gasteiger partial charge in [0.25, 0.3) is 0 Å². The standard InChI is InChI=1S/C10H13NO3/c1-8-6-9(12)7-10(14-8)11-2-4-13-5-3-11/h6-7H,2-5H2,1H3. The largest absolute Gasteiger partial charge is 0.446 e. The fraction of sp³-hybridized carbons (Fsp3) is 0.500. The van der Waals surface area contributed by atoms with E-state index in [1.165, 1.54) is 12.1 Å². The van der Waals surface area contributed by atoms with Crippen LogP contribution in [0.4, 0.5) is 5.88 Å². The predicted molar refractivity (Wildman–Crippen MR) is 52.7 cm³/mol. The summed E-state index contributed by atoms with van der Waals surface area (Å²) in [5.74, 6) is 1.30. The van der Waals surface area contributed by atoms with Gasteiger partial charge in [0.2, 0.25) is 0 Å². The maximum atomic E-state index is 11.2. The Morgan fingerprint density at radius 3 is 2.64 bits per heavy atom. The van der Waals surface area contributed by atoms with Crippen molar-refractivity contribution in [3.63, 3.8) is 0 Å². The van der Waals surface area contributed by atoms with E-state index in [4.69, 9.17) is 9.15 Å². The van der Waals surface area contributed by atoms with E-state index in [-0.39, 0.29) is 5.43 Å². The van der Waals surface area contributed by atoms with E-state index in [0.29, 0.717) is 24.9 Å². The van der Waals surface area contributed by atoms with Crippen molar-refractivity contribution >= 4 is 5.88 Å². The van der Waals surface area contributed by atoms with Crippen LogP contribution in [0.25, 0.3) is 0 Å². The first kappa shape index (κ1) is 9.27. The lowest BCUT2D eigenvalue weighted by atomic mass is 10.3. The van der Waals surface area contributed by atoms with Gasteiger partial charge in [-0.2, -0.15) is 0 Å². The van der Waals surface area contributed by atoms with Gasteiger partial charge in [0.1, 0.15) is 5.76 Å². The van der Waals surface area contributed by atoms with E-state index in [2.05, 4.69) is 0 Å². The molecule has 0 spiro atoms. The fourth-order valence-electron chi connectivity index (χ4n) is 1.53. The van der Waals surface area contributed by atoms with E-state index in [9.17, 15) is 4.79 Å². The first-order valence-corrected chi connectivity index (χ1v) is 4.70. The average Bonchev–Trinajstić information content (AvgIpc) is 2.18. The molecule has 0 atom stereocenters. The Balaban J connectivity index is 2.26. The Labute approximate surface area is 82.1 Å². The highest BCUT2D eigenvalue weighted by Crippen LogP contribution is 2.14. The summed E-state index contributed by atoms with van der Waals surface area (Å²) >= 11 is 0. The molecule has 0 radical (unpaired) electrons. The van der Waals surface area contributed by atoms with Crippen molar-refractivity contribution in [3.05, 3.63) is 28.1 Å². The summed E-state index contributed by atoms with van der Waals surface area (Å²) in [5, 5.41) is 0. The monoisotopic (exact) mass is 195 g/mol. The molecular formula is C10H13NO3. The second kappa shape index (κ2) is 3.84. The van der Waals surface area contributed by atoms with Gasteiger partial charge in [-0.25, -0.2) is 0 Å². The van der Waals surface area contributed by atoms with Gasteiger partial charge in [-0.15, -0.1) is 0 Å². The van der Waals surface area contributed by atoms with Crippen molar-refractivity contribution in [3.8, 4) is 0 Å². The van der Waals surface area contributed by atoms with Crippen LogP contribution in [0.2, 0.25) is 0 Å². The highest BCUT2D eigenvalue weighted by Gasteiger charge is 2.13. The number of hydrogen-bond donors (Lipinski definition) is 0. The van der Waals surface area contributed by atoms with E-state index < -0.39 is 0 Å². The van der Waals surface area contributed by atoms with Crippen molar-refractivity contribution in [1.29, 1.82) is 0 Å². The lowest BCUT2D eigenvalue weighted by molar-refractivity contribution is 0.120. The molecule has 2 rings (SSSR count). The Kier molecular flexibility index (Phi) is 2.54. The van der Waals surface area contributed by atoms with E-state index in [1.54, 1.807) is 6.92 Å². The molecule has 0 N–H and O–H groups in total. The molecule has 1 fully saturated rings. The molecular weight excluding hydrogens is 182 g/mol. The predicted octanol–water partition coefficient (Wildman–Crippen LogP) is 0.785. The summed E-state index contributed by atoms with van der Waals surface area (Å²) < 4.78 is 10.7. The third-order valence-corrected chi connectivity index (χ3v) is 2.20. The lowest BCUT2D eigenvalue weighted by Crippen LogP contribution is -2.36. The Morgan fingerprint density at radius 2 is 2.00 bits per heavy atom. The van der Waals surface area contributed by atoms with Gasteiger partial charge >= 0.3 is 0 Å². The molecule has 0 unspecified atom stereocenters. The van der Waals surface area contributed by atoms with Crippen LogP contribution in [0.1, 0.15) is 5.76 Å². The molecule has 76 valence electrons. The van der Waals surface area contributed by atoms with Crippen LogP contribution in [0.5, 0.6) is 0 Å². The zero-order valence-electron chi connectivity index (χ0n) is 8.16. The second-order valence-electron chi connectivity index (χ2n) is 3.34. The Bertz CT molecular complexity index is 366. The molecule has 0 saturated carbocycles. The van der Waals surface area contributed by atoms with Gasteiger partial charge in [0.05, 0.1) is 13.2 Å². The quantitative estimate of drug-likeness (QED) is 0.664. The number of ether oxygens (including phenoxy) is 1. The molecule has 0 aromatic carbocycles. The maximum Gasteiger partial charge on any atom is 0.199 e. The second-order valence-corrected chi connectivity index (χ2v) is 3.34. The van der Waals surface area contributed by atoms with Gasteiger partial charge in [-0.05, 0) is 6.92 Å². The zero-order chi connectivity index (χ0) is 9.97. The molecule has 4 nitrogen and oxygen atoms in total. The summed E-state index contributed by atoms with van der Waals surface area (Å²) in [4.78, 5) is 13.3. The van der Waals surface area contributed by atoms with Crippen LogP contribution in [-0.4, -0.2) is 26.3 Å². The van der Waals surface area contributed by atoms with Crippen molar-refractivity contribution in [2.75, 3.05) is 31.2 Å². The number of rotatable bonds is 1. The summed E-state index contributed by atoms with van der Waals surface area (Å²) in [5.41, 5.74) is -0.00441. The Morgan fingerprint density at radius 1 is 1.29 bits per heavy atom. The summed E-state index contributed by atoms with van der Waals surface area (Å²) in [6, 6.07) is 3.02. The molecule has 0 bridgehead atoms.